The third-order valence-electron chi connectivity index (χ3n) is 3.49. The molecule has 0 amide bonds. The number of anilines is 1. The summed E-state index contributed by atoms with van der Waals surface area (Å²) in [4.78, 5) is 4.43. The van der Waals surface area contributed by atoms with E-state index in [0.29, 0.717) is 11.2 Å². The number of aryl methyl sites for hydroxylation is 2. The summed E-state index contributed by atoms with van der Waals surface area (Å²) < 4.78 is 28.2. The van der Waals surface area contributed by atoms with Crippen LogP contribution in [-0.4, -0.2) is 13.4 Å². The maximum Gasteiger partial charge on any atom is 0.264 e. The van der Waals surface area contributed by atoms with Crippen molar-refractivity contribution in [2.45, 2.75) is 18.7 Å². The number of rotatable bonds is 3. The van der Waals surface area contributed by atoms with E-state index < -0.39 is 10.0 Å². The number of nitrogens with zero attached hydrogens (tertiary/aromatic N) is 1. The summed E-state index contributed by atoms with van der Waals surface area (Å²) in [5, 5.41) is 0.813. The average Bonchev–Trinajstić information content (AvgIpc) is 2.48. The summed E-state index contributed by atoms with van der Waals surface area (Å²) >= 11 is 0. The summed E-state index contributed by atoms with van der Waals surface area (Å²) in [5.41, 5.74) is 2.81. The molecule has 2 aromatic carbocycles. The second-order valence-corrected chi connectivity index (χ2v) is 6.91. The van der Waals surface area contributed by atoms with Crippen molar-refractivity contribution in [3.63, 3.8) is 0 Å². The minimum absolute atomic E-state index is 0.200. The summed E-state index contributed by atoms with van der Waals surface area (Å²) in [7, 11) is -3.70. The second-order valence-electron chi connectivity index (χ2n) is 5.26. The van der Waals surface area contributed by atoms with Crippen molar-refractivity contribution in [1.82, 2.24) is 4.98 Å². The molecule has 22 heavy (non-hydrogen) atoms. The number of fused-ring (bicyclic) bond motifs is 1. The summed E-state index contributed by atoms with van der Waals surface area (Å²) in [5.74, 6) is 0. The Balaban J connectivity index is 2.16. The van der Waals surface area contributed by atoms with Crippen LogP contribution < -0.4 is 4.72 Å². The van der Waals surface area contributed by atoms with Gasteiger partial charge >= 0.3 is 0 Å². The standard InChI is InChI=1S/C17H16N2O2S/c1-12-10-14-7-5-9-18-17(14)16(11-12)22(20,21)19-15-8-4-3-6-13(15)2/h3-11,19H,1-2H3. The van der Waals surface area contributed by atoms with Gasteiger partial charge in [0, 0.05) is 11.6 Å². The summed E-state index contributed by atoms with van der Waals surface area (Å²) in [6.07, 6.45) is 1.60. The Morgan fingerprint density at radius 1 is 1.00 bits per heavy atom. The molecule has 0 aliphatic rings. The number of hydrogen-bond acceptors (Lipinski definition) is 3. The number of pyridine rings is 1. The zero-order chi connectivity index (χ0) is 15.7. The Labute approximate surface area is 129 Å². The van der Waals surface area contributed by atoms with E-state index >= 15 is 0 Å². The molecule has 0 spiro atoms. The molecule has 1 aromatic heterocycles. The van der Waals surface area contributed by atoms with Crippen LogP contribution in [0.2, 0.25) is 0 Å². The first-order valence-electron chi connectivity index (χ1n) is 6.91. The Morgan fingerprint density at radius 2 is 1.77 bits per heavy atom. The van der Waals surface area contributed by atoms with Gasteiger partial charge in [0.15, 0.2) is 0 Å². The molecule has 3 aromatic rings. The lowest BCUT2D eigenvalue weighted by Gasteiger charge is -2.12. The van der Waals surface area contributed by atoms with Crippen molar-refractivity contribution in [3.8, 4) is 0 Å². The SMILES string of the molecule is Cc1cc(S(=O)(=O)Nc2ccccc2C)c2ncccc2c1. The van der Waals surface area contributed by atoms with Gasteiger partial charge < -0.3 is 0 Å². The molecule has 0 aliphatic carbocycles. The van der Waals surface area contributed by atoms with E-state index in [0.717, 1.165) is 16.5 Å². The van der Waals surface area contributed by atoms with E-state index in [2.05, 4.69) is 9.71 Å². The molecule has 0 aliphatic heterocycles. The number of benzene rings is 2. The van der Waals surface area contributed by atoms with Crippen LogP contribution in [-0.2, 0) is 10.0 Å². The highest BCUT2D eigenvalue weighted by atomic mass is 32.2. The van der Waals surface area contributed by atoms with E-state index in [1.807, 2.05) is 38.1 Å². The lowest BCUT2D eigenvalue weighted by Crippen LogP contribution is -2.14. The number of nitrogens with one attached hydrogen (secondary N) is 1. The molecule has 0 saturated heterocycles. The quantitative estimate of drug-likeness (QED) is 0.803. The monoisotopic (exact) mass is 312 g/mol. The van der Waals surface area contributed by atoms with Crippen LogP contribution in [0, 0.1) is 13.8 Å². The van der Waals surface area contributed by atoms with Crippen molar-refractivity contribution in [2.75, 3.05) is 4.72 Å². The number of hydrogen-bond donors (Lipinski definition) is 1. The molecule has 4 nitrogen and oxygen atoms in total. The molecule has 0 atom stereocenters. The molecule has 1 heterocycles. The van der Waals surface area contributed by atoms with Crippen LogP contribution in [0.5, 0.6) is 0 Å². The van der Waals surface area contributed by atoms with Gasteiger partial charge in [-0.25, -0.2) is 8.42 Å². The molecule has 3 rings (SSSR count). The van der Waals surface area contributed by atoms with Crippen LogP contribution in [0.1, 0.15) is 11.1 Å². The van der Waals surface area contributed by atoms with Crippen molar-refractivity contribution >= 4 is 26.6 Å². The van der Waals surface area contributed by atoms with Crippen molar-refractivity contribution in [1.29, 1.82) is 0 Å². The van der Waals surface area contributed by atoms with Gasteiger partial charge in [0.1, 0.15) is 4.90 Å². The fourth-order valence-electron chi connectivity index (χ4n) is 2.39. The average molecular weight is 312 g/mol. The zero-order valence-corrected chi connectivity index (χ0v) is 13.2. The van der Waals surface area contributed by atoms with E-state index in [1.54, 1.807) is 30.5 Å². The van der Waals surface area contributed by atoms with Crippen LogP contribution in [0.25, 0.3) is 10.9 Å². The highest BCUT2D eigenvalue weighted by molar-refractivity contribution is 7.93. The smallest absolute Gasteiger partial charge is 0.264 e. The Morgan fingerprint density at radius 3 is 2.55 bits per heavy atom. The Kier molecular flexibility index (Phi) is 3.58. The van der Waals surface area contributed by atoms with Crippen LogP contribution in [0.4, 0.5) is 5.69 Å². The predicted octanol–water partition coefficient (Wildman–Crippen LogP) is 3.65. The van der Waals surface area contributed by atoms with Gasteiger partial charge in [0.25, 0.3) is 10.0 Å². The number of para-hydroxylation sites is 1. The summed E-state index contributed by atoms with van der Waals surface area (Å²) in [6, 6.07) is 14.5. The van der Waals surface area contributed by atoms with Crippen molar-refractivity contribution in [2.24, 2.45) is 0 Å². The fourth-order valence-corrected chi connectivity index (χ4v) is 3.79. The van der Waals surface area contributed by atoms with Crippen molar-refractivity contribution in [3.05, 3.63) is 65.9 Å². The van der Waals surface area contributed by atoms with E-state index in [4.69, 9.17) is 0 Å². The van der Waals surface area contributed by atoms with Gasteiger partial charge in [-0.3, -0.25) is 9.71 Å². The second kappa shape index (κ2) is 5.42. The van der Waals surface area contributed by atoms with Gasteiger partial charge in [0.05, 0.1) is 11.2 Å². The van der Waals surface area contributed by atoms with Gasteiger partial charge in [0.2, 0.25) is 0 Å². The molecule has 0 saturated carbocycles. The third-order valence-corrected chi connectivity index (χ3v) is 4.87. The molecule has 0 radical (unpaired) electrons. The topological polar surface area (TPSA) is 59.1 Å². The minimum Gasteiger partial charge on any atom is -0.279 e. The fraction of sp³-hybridized carbons (Fsp3) is 0.118. The maximum atomic E-state index is 12.8. The van der Waals surface area contributed by atoms with Crippen molar-refractivity contribution < 1.29 is 8.42 Å². The minimum atomic E-state index is -3.70. The third kappa shape index (κ3) is 2.67. The Hall–Kier alpha value is -2.40. The lowest BCUT2D eigenvalue weighted by molar-refractivity contribution is 0.601. The molecular formula is C17H16N2O2S. The zero-order valence-electron chi connectivity index (χ0n) is 12.4. The van der Waals surface area contributed by atoms with E-state index in [-0.39, 0.29) is 4.90 Å². The molecule has 1 N–H and O–H groups in total. The van der Waals surface area contributed by atoms with Gasteiger partial charge in [-0.1, -0.05) is 24.3 Å². The first-order valence-corrected chi connectivity index (χ1v) is 8.39. The summed E-state index contributed by atoms with van der Waals surface area (Å²) in [6.45, 7) is 3.74. The van der Waals surface area contributed by atoms with E-state index in [1.165, 1.54) is 0 Å². The molecular weight excluding hydrogens is 296 g/mol. The highest BCUT2D eigenvalue weighted by Gasteiger charge is 2.19. The van der Waals surface area contributed by atoms with Gasteiger partial charge in [-0.2, -0.15) is 0 Å². The lowest BCUT2D eigenvalue weighted by atomic mass is 10.1. The Bertz CT molecular complexity index is 950. The van der Waals surface area contributed by atoms with Crippen LogP contribution >= 0.6 is 0 Å². The molecule has 0 fully saturated rings. The first-order chi connectivity index (χ1) is 10.5. The number of aromatic nitrogens is 1. The number of sulfonamides is 1. The first kappa shape index (κ1) is 14.5. The van der Waals surface area contributed by atoms with Gasteiger partial charge in [-0.15, -0.1) is 0 Å². The highest BCUT2D eigenvalue weighted by Crippen LogP contribution is 2.26. The predicted molar refractivity (Wildman–Crippen MR) is 88.5 cm³/mol. The molecule has 0 bridgehead atoms. The largest absolute Gasteiger partial charge is 0.279 e. The normalized spacial score (nSPS) is 11.5. The van der Waals surface area contributed by atoms with E-state index in [9.17, 15) is 8.42 Å². The molecule has 5 heteroatoms. The molecule has 112 valence electrons. The molecule has 0 unspecified atom stereocenters. The van der Waals surface area contributed by atoms with Crippen LogP contribution in [0.15, 0.2) is 59.6 Å². The maximum absolute atomic E-state index is 12.8. The van der Waals surface area contributed by atoms with Gasteiger partial charge in [-0.05, 0) is 49.2 Å². The van der Waals surface area contributed by atoms with Crippen LogP contribution in [0.3, 0.4) is 0 Å².